The van der Waals surface area contributed by atoms with E-state index < -0.39 is 0 Å². The number of nitrogen functional groups attached to an aromatic ring is 1. The Labute approximate surface area is 122 Å². The molecule has 0 spiro atoms. The van der Waals surface area contributed by atoms with Gasteiger partial charge in [-0.25, -0.2) is 0 Å². The zero-order valence-corrected chi connectivity index (χ0v) is 11.9. The largest absolute Gasteiger partial charge is 0.399 e. The van der Waals surface area contributed by atoms with Crippen molar-refractivity contribution in [2.75, 3.05) is 11.1 Å². The second-order valence-electron chi connectivity index (χ2n) is 4.92. The van der Waals surface area contributed by atoms with E-state index in [0.29, 0.717) is 23.0 Å². The monoisotopic (exact) mass is 293 g/mol. The van der Waals surface area contributed by atoms with Gasteiger partial charge in [-0.1, -0.05) is 11.2 Å². The van der Waals surface area contributed by atoms with Gasteiger partial charge in [0.05, 0.1) is 0 Å². The van der Waals surface area contributed by atoms with E-state index in [-0.39, 0.29) is 18.3 Å². The Kier molecular flexibility index (Phi) is 3.99. The lowest BCUT2D eigenvalue weighted by Gasteiger charge is -2.07. The van der Waals surface area contributed by atoms with Crippen molar-refractivity contribution in [2.45, 2.75) is 25.7 Å². The fourth-order valence-corrected chi connectivity index (χ4v) is 1.92. The normalized spacial score (nSPS) is 13.7. The van der Waals surface area contributed by atoms with Gasteiger partial charge in [-0.3, -0.25) is 4.79 Å². The first-order chi connectivity index (χ1) is 9.13. The summed E-state index contributed by atoms with van der Waals surface area (Å²) in [5, 5.41) is 6.61. The molecular weight excluding hydrogens is 278 g/mol. The average molecular weight is 294 g/mol. The van der Waals surface area contributed by atoms with Crippen molar-refractivity contribution in [3.8, 4) is 0 Å². The summed E-state index contributed by atoms with van der Waals surface area (Å²) in [6.45, 7) is 1.91. The highest BCUT2D eigenvalue weighted by atomic mass is 35.5. The summed E-state index contributed by atoms with van der Waals surface area (Å²) < 4.78 is 5.17. The first-order valence-electron chi connectivity index (χ1n) is 6.27. The number of halogens is 1. The van der Waals surface area contributed by atoms with Crippen molar-refractivity contribution in [3.05, 3.63) is 41.3 Å². The molecule has 0 atom stereocenters. The predicted octanol–water partition coefficient (Wildman–Crippen LogP) is 3.12. The summed E-state index contributed by atoms with van der Waals surface area (Å²) in [6, 6.07) is 7.11. The minimum absolute atomic E-state index is 0. The van der Waals surface area contributed by atoms with E-state index in [9.17, 15) is 4.79 Å². The second kappa shape index (κ2) is 5.54. The Morgan fingerprint density at radius 2 is 2.15 bits per heavy atom. The lowest BCUT2D eigenvalue weighted by Crippen LogP contribution is -2.13. The zero-order chi connectivity index (χ0) is 13.4. The molecule has 2 aromatic rings. The molecule has 1 aliphatic carbocycles. The molecule has 0 unspecified atom stereocenters. The van der Waals surface area contributed by atoms with Crippen LogP contribution >= 0.6 is 12.4 Å². The van der Waals surface area contributed by atoms with E-state index in [1.165, 1.54) is 0 Å². The maximum absolute atomic E-state index is 12.1. The van der Waals surface area contributed by atoms with Crippen LogP contribution in [0.5, 0.6) is 0 Å². The minimum atomic E-state index is -0.274. The van der Waals surface area contributed by atoms with E-state index in [1.54, 1.807) is 18.2 Å². The van der Waals surface area contributed by atoms with Gasteiger partial charge in [0.1, 0.15) is 5.76 Å². The number of benzene rings is 1. The molecule has 0 radical (unpaired) electrons. The Morgan fingerprint density at radius 3 is 2.85 bits per heavy atom. The molecule has 1 aromatic carbocycles. The maximum Gasteiger partial charge on any atom is 0.277 e. The quantitative estimate of drug-likeness (QED) is 0.852. The lowest BCUT2D eigenvalue weighted by atomic mass is 10.2. The van der Waals surface area contributed by atoms with Crippen LogP contribution in [0.15, 0.2) is 28.8 Å². The molecular formula is C14H16ClN3O2. The number of nitrogens with one attached hydrogen (secondary N) is 1. The van der Waals surface area contributed by atoms with Crippen LogP contribution in [0.25, 0.3) is 0 Å². The van der Waals surface area contributed by atoms with Crippen LogP contribution in [0.1, 0.15) is 40.6 Å². The summed E-state index contributed by atoms with van der Waals surface area (Å²) in [6.07, 6.45) is 2.23. The maximum atomic E-state index is 12.1. The van der Waals surface area contributed by atoms with E-state index in [4.69, 9.17) is 10.3 Å². The standard InChI is InChI=1S/C14H15N3O2.ClH/c1-8-2-5-10(15)6-11(8)16-14(18)12-7-13(19-17-12)9-3-4-9;/h2,5-7,9H,3-4,15H2,1H3,(H,16,18);1H. The lowest BCUT2D eigenvalue weighted by molar-refractivity contribution is 0.101. The van der Waals surface area contributed by atoms with E-state index >= 15 is 0 Å². The van der Waals surface area contributed by atoms with E-state index in [2.05, 4.69) is 10.5 Å². The molecule has 1 saturated carbocycles. The van der Waals surface area contributed by atoms with Crippen molar-refractivity contribution in [2.24, 2.45) is 0 Å². The second-order valence-corrected chi connectivity index (χ2v) is 4.92. The van der Waals surface area contributed by atoms with Gasteiger partial charge in [-0.2, -0.15) is 0 Å². The van der Waals surface area contributed by atoms with Crippen LogP contribution in [-0.2, 0) is 0 Å². The molecule has 0 bridgehead atoms. The predicted molar refractivity (Wildman–Crippen MR) is 79.3 cm³/mol. The number of rotatable bonds is 3. The van der Waals surface area contributed by atoms with Crippen molar-refractivity contribution < 1.29 is 9.32 Å². The molecule has 1 aliphatic rings. The molecule has 3 rings (SSSR count). The van der Waals surface area contributed by atoms with Gasteiger partial charge in [0, 0.05) is 23.4 Å². The number of nitrogens with two attached hydrogens (primary N) is 1. The molecule has 106 valence electrons. The third-order valence-electron chi connectivity index (χ3n) is 3.25. The smallest absolute Gasteiger partial charge is 0.277 e. The Morgan fingerprint density at radius 1 is 1.40 bits per heavy atom. The van der Waals surface area contributed by atoms with Crippen LogP contribution in [-0.4, -0.2) is 11.1 Å². The molecule has 6 heteroatoms. The fraction of sp³-hybridized carbons (Fsp3) is 0.286. The number of anilines is 2. The van der Waals surface area contributed by atoms with Gasteiger partial charge in [0.2, 0.25) is 0 Å². The van der Waals surface area contributed by atoms with Crippen LogP contribution < -0.4 is 11.1 Å². The number of aromatic nitrogens is 1. The minimum Gasteiger partial charge on any atom is -0.399 e. The zero-order valence-electron chi connectivity index (χ0n) is 11.1. The van der Waals surface area contributed by atoms with Crippen LogP contribution in [0.2, 0.25) is 0 Å². The Hall–Kier alpha value is -2.01. The van der Waals surface area contributed by atoms with Crippen molar-refractivity contribution in [1.82, 2.24) is 5.16 Å². The topological polar surface area (TPSA) is 81.1 Å². The summed E-state index contributed by atoms with van der Waals surface area (Å²) in [7, 11) is 0. The highest BCUT2D eigenvalue weighted by Gasteiger charge is 2.28. The summed E-state index contributed by atoms with van der Waals surface area (Å²) >= 11 is 0. The SMILES string of the molecule is Cc1ccc(N)cc1NC(=O)c1cc(C2CC2)on1.Cl. The molecule has 3 N–H and O–H groups in total. The summed E-state index contributed by atoms with van der Waals surface area (Å²) in [5.74, 6) is 0.974. The molecule has 0 saturated heterocycles. The third-order valence-corrected chi connectivity index (χ3v) is 3.25. The van der Waals surface area contributed by atoms with Gasteiger partial charge in [-0.15, -0.1) is 12.4 Å². The summed E-state index contributed by atoms with van der Waals surface area (Å²) in [5.41, 5.74) is 8.28. The van der Waals surface area contributed by atoms with Crippen molar-refractivity contribution >= 4 is 29.7 Å². The highest BCUT2D eigenvalue weighted by Crippen LogP contribution is 2.40. The Balaban J connectivity index is 0.00000147. The first kappa shape index (κ1) is 14.4. The van der Waals surface area contributed by atoms with E-state index in [1.807, 2.05) is 13.0 Å². The van der Waals surface area contributed by atoms with Crippen molar-refractivity contribution in [3.63, 3.8) is 0 Å². The number of carbonyl (C=O) groups excluding carboxylic acids is 1. The first-order valence-corrected chi connectivity index (χ1v) is 6.27. The van der Waals surface area contributed by atoms with E-state index in [0.717, 1.165) is 24.2 Å². The summed E-state index contributed by atoms with van der Waals surface area (Å²) in [4.78, 5) is 12.1. The van der Waals surface area contributed by atoms with Gasteiger partial charge >= 0.3 is 0 Å². The molecule has 1 fully saturated rings. The number of hydrogen-bond acceptors (Lipinski definition) is 4. The molecule has 5 nitrogen and oxygen atoms in total. The van der Waals surface area contributed by atoms with Crippen LogP contribution in [0.4, 0.5) is 11.4 Å². The average Bonchev–Trinajstić information content (AvgIpc) is 3.11. The molecule has 1 heterocycles. The van der Waals surface area contributed by atoms with Crippen LogP contribution in [0.3, 0.4) is 0 Å². The van der Waals surface area contributed by atoms with Gasteiger partial charge in [0.15, 0.2) is 5.69 Å². The van der Waals surface area contributed by atoms with Gasteiger partial charge in [-0.05, 0) is 37.5 Å². The third kappa shape index (κ3) is 2.93. The molecule has 1 amide bonds. The number of aryl methyl sites for hydroxylation is 1. The number of amides is 1. The fourth-order valence-electron chi connectivity index (χ4n) is 1.92. The molecule has 0 aliphatic heterocycles. The highest BCUT2D eigenvalue weighted by molar-refractivity contribution is 6.03. The number of hydrogen-bond donors (Lipinski definition) is 2. The van der Waals surface area contributed by atoms with Crippen LogP contribution in [0, 0.1) is 6.92 Å². The molecule has 20 heavy (non-hydrogen) atoms. The number of nitrogens with zero attached hydrogens (tertiary/aromatic N) is 1. The van der Waals surface area contributed by atoms with Crippen molar-refractivity contribution in [1.29, 1.82) is 0 Å². The van der Waals surface area contributed by atoms with Gasteiger partial charge in [0.25, 0.3) is 5.91 Å². The molecule has 1 aromatic heterocycles. The van der Waals surface area contributed by atoms with Gasteiger partial charge < -0.3 is 15.6 Å². The Bertz CT molecular complexity index is 635. The number of carbonyl (C=O) groups is 1.